The quantitative estimate of drug-likeness (QED) is 0.858. The van der Waals surface area contributed by atoms with Crippen molar-refractivity contribution in [3.05, 3.63) is 40.0 Å². The lowest BCUT2D eigenvalue weighted by atomic mass is 9.92. The Labute approximate surface area is 117 Å². The highest BCUT2D eigenvalue weighted by molar-refractivity contribution is 6.42. The third-order valence-corrected chi connectivity index (χ3v) is 3.39. The molecular weight excluding hydrogens is 269 g/mol. The van der Waals surface area contributed by atoms with E-state index in [1.165, 1.54) is 0 Å². The van der Waals surface area contributed by atoms with Crippen LogP contribution in [0.3, 0.4) is 0 Å². The molecule has 0 fully saturated rings. The molecule has 0 spiro atoms. The van der Waals surface area contributed by atoms with Crippen molar-refractivity contribution < 1.29 is 0 Å². The molecule has 0 aliphatic carbocycles. The number of rotatable bonds is 1. The second-order valence-electron chi connectivity index (χ2n) is 5.21. The molecule has 0 saturated heterocycles. The first-order chi connectivity index (χ1) is 8.29. The summed E-state index contributed by atoms with van der Waals surface area (Å²) >= 11 is 11.9. The zero-order chi connectivity index (χ0) is 13.5. The predicted molar refractivity (Wildman–Crippen MR) is 76.7 cm³/mol. The van der Waals surface area contributed by atoms with Gasteiger partial charge in [-0.15, -0.1) is 0 Å². The van der Waals surface area contributed by atoms with Gasteiger partial charge in [0.2, 0.25) is 0 Å². The average Bonchev–Trinajstić information content (AvgIpc) is 2.64. The SMILES string of the molecule is CC(C)(C)c1cc(N)n(-c2ccc(Cl)c(Cl)c2)n1. The number of hydrogen-bond acceptors (Lipinski definition) is 2. The Morgan fingerprint density at radius 1 is 1.11 bits per heavy atom. The second-order valence-corrected chi connectivity index (χ2v) is 6.03. The fourth-order valence-corrected chi connectivity index (χ4v) is 1.88. The van der Waals surface area contributed by atoms with Crippen molar-refractivity contribution in [1.29, 1.82) is 0 Å². The molecule has 1 aromatic carbocycles. The zero-order valence-corrected chi connectivity index (χ0v) is 12.0. The highest BCUT2D eigenvalue weighted by Gasteiger charge is 2.19. The molecule has 1 heterocycles. The predicted octanol–water partition coefficient (Wildman–Crippen LogP) is 4.06. The van der Waals surface area contributed by atoms with E-state index in [0.717, 1.165) is 11.4 Å². The minimum Gasteiger partial charge on any atom is -0.384 e. The van der Waals surface area contributed by atoms with E-state index in [0.29, 0.717) is 15.9 Å². The summed E-state index contributed by atoms with van der Waals surface area (Å²) in [5, 5.41) is 5.52. The number of nitrogens with zero attached hydrogens (tertiary/aromatic N) is 2. The molecular formula is C13H15Cl2N3. The van der Waals surface area contributed by atoms with Gasteiger partial charge in [-0.25, -0.2) is 4.68 Å². The van der Waals surface area contributed by atoms with Crippen LogP contribution in [0.25, 0.3) is 5.69 Å². The molecule has 2 rings (SSSR count). The summed E-state index contributed by atoms with van der Waals surface area (Å²) in [6.45, 7) is 6.27. The van der Waals surface area contributed by atoms with Crippen LogP contribution in [0.2, 0.25) is 10.0 Å². The van der Waals surface area contributed by atoms with Gasteiger partial charge in [-0.05, 0) is 18.2 Å². The van der Waals surface area contributed by atoms with Crippen LogP contribution in [0, 0.1) is 0 Å². The number of hydrogen-bond donors (Lipinski definition) is 1. The molecule has 2 N–H and O–H groups in total. The molecule has 1 aromatic heterocycles. The van der Waals surface area contributed by atoms with E-state index in [1.54, 1.807) is 16.8 Å². The molecule has 0 saturated carbocycles. The van der Waals surface area contributed by atoms with Crippen LogP contribution < -0.4 is 5.73 Å². The van der Waals surface area contributed by atoms with Gasteiger partial charge in [-0.1, -0.05) is 44.0 Å². The molecule has 5 heteroatoms. The first-order valence-corrected chi connectivity index (χ1v) is 6.36. The smallest absolute Gasteiger partial charge is 0.127 e. The van der Waals surface area contributed by atoms with Crippen LogP contribution in [-0.4, -0.2) is 9.78 Å². The Morgan fingerprint density at radius 2 is 1.78 bits per heavy atom. The summed E-state index contributed by atoms with van der Waals surface area (Å²) in [6, 6.07) is 7.20. The van der Waals surface area contributed by atoms with Gasteiger partial charge in [-0.2, -0.15) is 5.10 Å². The molecule has 0 atom stereocenters. The third kappa shape index (κ3) is 2.47. The van der Waals surface area contributed by atoms with Crippen LogP contribution in [-0.2, 0) is 5.41 Å². The molecule has 0 radical (unpaired) electrons. The Balaban J connectivity index is 2.51. The standard InChI is InChI=1S/C13H15Cl2N3/c1-13(2,3)11-7-12(16)18(17-11)8-4-5-9(14)10(15)6-8/h4-7H,16H2,1-3H3. The second kappa shape index (κ2) is 4.48. The van der Waals surface area contributed by atoms with E-state index in [9.17, 15) is 0 Å². The maximum atomic E-state index is 6.00. The zero-order valence-electron chi connectivity index (χ0n) is 10.5. The van der Waals surface area contributed by atoms with Gasteiger partial charge in [0.05, 0.1) is 21.4 Å². The number of benzene rings is 1. The lowest BCUT2D eigenvalue weighted by Crippen LogP contribution is -2.12. The van der Waals surface area contributed by atoms with Crippen molar-refractivity contribution in [2.24, 2.45) is 0 Å². The summed E-state index contributed by atoms with van der Waals surface area (Å²) in [5.41, 5.74) is 7.68. The number of nitrogen functional groups attached to an aromatic ring is 1. The van der Waals surface area contributed by atoms with Gasteiger partial charge in [0, 0.05) is 11.5 Å². The van der Waals surface area contributed by atoms with Crippen molar-refractivity contribution in [2.75, 3.05) is 5.73 Å². The van der Waals surface area contributed by atoms with Crippen LogP contribution in [0.1, 0.15) is 26.5 Å². The van der Waals surface area contributed by atoms with Crippen LogP contribution >= 0.6 is 23.2 Å². The molecule has 0 aliphatic heterocycles. The summed E-state index contributed by atoms with van der Waals surface area (Å²) in [5.74, 6) is 0.582. The summed E-state index contributed by atoms with van der Waals surface area (Å²) < 4.78 is 1.67. The van der Waals surface area contributed by atoms with Gasteiger partial charge in [-0.3, -0.25) is 0 Å². The monoisotopic (exact) mass is 283 g/mol. The van der Waals surface area contributed by atoms with E-state index in [4.69, 9.17) is 28.9 Å². The van der Waals surface area contributed by atoms with Crippen molar-refractivity contribution in [1.82, 2.24) is 9.78 Å². The number of anilines is 1. The van der Waals surface area contributed by atoms with Gasteiger partial charge in [0.15, 0.2) is 0 Å². The van der Waals surface area contributed by atoms with E-state index < -0.39 is 0 Å². The number of halogens is 2. The fourth-order valence-electron chi connectivity index (χ4n) is 1.59. The highest BCUT2D eigenvalue weighted by atomic mass is 35.5. The van der Waals surface area contributed by atoms with Gasteiger partial charge in [0.25, 0.3) is 0 Å². The Bertz CT molecular complexity index is 582. The molecule has 0 bridgehead atoms. The minimum atomic E-state index is -0.0460. The molecule has 0 unspecified atom stereocenters. The third-order valence-electron chi connectivity index (χ3n) is 2.65. The van der Waals surface area contributed by atoms with Gasteiger partial charge < -0.3 is 5.73 Å². The van der Waals surface area contributed by atoms with Crippen LogP contribution in [0.4, 0.5) is 5.82 Å². The molecule has 0 aliphatic rings. The minimum absolute atomic E-state index is 0.0460. The summed E-state index contributed by atoms with van der Waals surface area (Å²) in [7, 11) is 0. The van der Waals surface area contributed by atoms with Crippen molar-refractivity contribution in [3.63, 3.8) is 0 Å². The molecule has 96 valence electrons. The van der Waals surface area contributed by atoms with Crippen LogP contribution in [0.15, 0.2) is 24.3 Å². The summed E-state index contributed by atoms with van der Waals surface area (Å²) in [6.07, 6.45) is 0. The Kier molecular flexibility index (Phi) is 3.30. The lowest BCUT2D eigenvalue weighted by Gasteiger charge is -2.14. The Morgan fingerprint density at radius 3 is 2.28 bits per heavy atom. The average molecular weight is 284 g/mol. The first kappa shape index (κ1) is 13.2. The van der Waals surface area contributed by atoms with E-state index >= 15 is 0 Å². The topological polar surface area (TPSA) is 43.8 Å². The first-order valence-electron chi connectivity index (χ1n) is 5.60. The van der Waals surface area contributed by atoms with Gasteiger partial charge in [0.1, 0.15) is 5.82 Å². The van der Waals surface area contributed by atoms with Crippen molar-refractivity contribution >= 4 is 29.0 Å². The lowest BCUT2D eigenvalue weighted by molar-refractivity contribution is 0.560. The van der Waals surface area contributed by atoms with Crippen molar-refractivity contribution in [2.45, 2.75) is 26.2 Å². The number of aromatic nitrogens is 2. The normalized spacial score (nSPS) is 11.8. The largest absolute Gasteiger partial charge is 0.384 e. The maximum Gasteiger partial charge on any atom is 0.127 e. The highest BCUT2D eigenvalue weighted by Crippen LogP contribution is 2.28. The van der Waals surface area contributed by atoms with Crippen LogP contribution in [0.5, 0.6) is 0 Å². The van der Waals surface area contributed by atoms with Crippen molar-refractivity contribution in [3.8, 4) is 5.69 Å². The molecule has 2 aromatic rings. The molecule has 3 nitrogen and oxygen atoms in total. The number of nitrogens with two attached hydrogens (primary N) is 1. The van der Waals surface area contributed by atoms with E-state index in [-0.39, 0.29) is 5.41 Å². The van der Waals surface area contributed by atoms with Gasteiger partial charge >= 0.3 is 0 Å². The maximum absolute atomic E-state index is 6.00. The Hall–Kier alpha value is -1.19. The van der Waals surface area contributed by atoms with E-state index in [1.807, 2.05) is 12.1 Å². The fraction of sp³-hybridized carbons (Fsp3) is 0.308. The van der Waals surface area contributed by atoms with E-state index in [2.05, 4.69) is 25.9 Å². The molecule has 18 heavy (non-hydrogen) atoms. The molecule has 0 amide bonds. The summed E-state index contributed by atoms with van der Waals surface area (Å²) in [4.78, 5) is 0.